The van der Waals surface area contributed by atoms with Gasteiger partial charge in [0.1, 0.15) is 5.82 Å². The molecule has 0 fully saturated rings. The van der Waals surface area contributed by atoms with Crippen LogP contribution in [-0.4, -0.2) is 5.91 Å². The Morgan fingerprint density at radius 2 is 1.60 bits per heavy atom. The van der Waals surface area contributed by atoms with Crippen LogP contribution in [0.5, 0.6) is 0 Å². The zero-order valence-electron chi connectivity index (χ0n) is 11.5. The largest absolute Gasteiger partial charge is 0.399 e. The van der Waals surface area contributed by atoms with Crippen molar-refractivity contribution in [2.75, 3.05) is 5.73 Å². The Labute approximate surface area is 117 Å². The van der Waals surface area contributed by atoms with E-state index in [1.165, 1.54) is 12.1 Å². The van der Waals surface area contributed by atoms with Gasteiger partial charge < -0.3 is 11.1 Å². The van der Waals surface area contributed by atoms with Crippen molar-refractivity contribution in [1.29, 1.82) is 0 Å². The Morgan fingerprint density at radius 3 is 2.15 bits per heavy atom. The predicted octanol–water partition coefficient (Wildman–Crippen LogP) is 3.07. The number of nitrogens with one attached hydrogen (secondary N) is 1. The molecule has 2 aromatic carbocycles. The van der Waals surface area contributed by atoms with Crippen molar-refractivity contribution in [3.05, 3.63) is 65.5 Å². The van der Waals surface area contributed by atoms with Gasteiger partial charge in [0.2, 0.25) is 0 Å². The minimum absolute atomic E-state index is 0.195. The second kappa shape index (κ2) is 5.33. The summed E-state index contributed by atoms with van der Waals surface area (Å²) < 4.78 is 12.9. The number of anilines is 1. The van der Waals surface area contributed by atoms with Crippen molar-refractivity contribution in [1.82, 2.24) is 5.32 Å². The highest BCUT2D eigenvalue weighted by atomic mass is 19.1. The fraction of sp³-hybridized carbons (Fsp3) is 0.188. The molecule has 0 atom stereocenters. The van der Waals surface area contributed by atoms with Gasteiger partial charge in [0.25, 0.3) is 5.91 Å². The molecule has 2 aromatic rings. The van der Waals surface area contributed by atoms with Gasteiger partial charge in [-0.2, -0.15) is 0 Å². The Morgan fingerprint density at radius 1 is 1.05 bits per heavy atom. The molecule has 0 aliphatic carbocycles. The number of benzene rings is 2. The molecular weight excluding hydrogens is 255 g/mol. The van der Waals surface area contributed by atoms with E-state index in [4.69, 9.17) is 5.73 Å². The Bertz CT molecular complexity index is 603. The number of carbonyl (C=O) groups excluding carboxylic acids is 1. The Hall–Kier alpha value is -2.36. The number of rotatable bonds is 3. The number of hydrogen-bond donors (Lipinski definition) is 2. The lowest BCUT2D eigenvalue weighted by atomic mass is 9.94. The van der Waals surface area contributed by atoms with Crippen LogP contribution in [0.4, 0.5) is 10.1 Å². The van der Waals surface area contributed by atoms with Crippen LogP contribution in [0.15, 0.2) is 48.5 Å². The van der Waals surface area contributed by atoms with E-state index in [1.54, 1.807) is 36.4 Å². The molecule has 0 saturated carbocycles. The van der Waals surface area contributed by atoms with Crippen molar-refractivity contribution in [3.8, 4) is 0 Å². The van der Waals surface area contributed by atoms with Crippen molar-refractivity contribution < 1.29 is 9.18 Å². The molecule has 3 nitrogen and oxygen atoms in total. The topological polar surface area (TPSA) is 55.1 Å². The summed E-state index contributed by atoms with van der Waals surface area (Å²) in [6.45, 7) is 3.74. The van der Waals surface area contributed by atoms with Crippen LogP contribution in [-0.2, 0) is 5.54 Å². The second-order valence-electron chi connectivity index (χ2n) is 5.21. The molecule has 4 heteroatoms. The van der Waals surface area contributed by atoms with Gasteiger partial charge in [0.05, 0.1) is 5.54 Å². The van der Waals surface area contributed by atoms with Crippen LogP contribution < -0.4 is 11.1 Å². The van der Waals surface area contributed by atoms with Gasteiger partial charge in [-0.25, -0.2) is 4.39 Å². The van der Waals surface area contributed by atoms with Gasteiger partial charge in [-0.3, -0.25) is 4.79 Å². The molecule has 0 heterocycles. The fourth-order valence-corrected chi connectivity index (χ4v) is 1.93. The summed E-state index contributed by atoms with van der Waals surface area (Å²) in [5.74, 6) is -0.492. The molecule has 0 saturated heterocycles. The predicted molar refractivity (Wildman–Crippen MR) is 77.7 cm³/mol. The van der Waals surface area contributed by atoms with E-state index in [9.17, 15) is 9.18 Å². The maximum absolute atomic E-state index is 12.9. The van der Waals surface area contributed by atoms with E-state index in [1.807, 2.05) is 13.8 Å². The molecular formula is C16H17FN2O. The zero-order valence-corrected chi connectivity index (χ0v) is 11.5. The van der Waals surface area contributed by atoms with E-state index in [2.05, 4.69) is 5.32 Å². The summed E-state index contributed by atoms with van der Waals surface area (Å²) >= 11 is 0. The number of nitrogen functional groups attached to an aromatic ring is 1. The summed E-state index contributed by atoms with van der Waals surface area (Å²) in [7, 11) is 0. The van der Waals surface area contributed by atoms with Gasteiger partial charge in [-0.15, -0.1) is 0 Å². The molecule has 20 heavy (non-hydrogen) atoms. The smallest absolute Gasteiger partial charge is 0.251 e. The molecule has 0 aliphatic rings. The van der Waals surface area contributed by atoms with Gasteiger partial charge >= 0.3 is 0 Å². The highest BCUT2D eigenvalue weighted by Crippen LogP contribution is 2.21. The number of hydrogen-bond acceptors (Lipinski definition) is 2. The average Bonchev–Trinajstić information content (AvgIpc) is 2.39. The number of halogens is 1. The minimum atomic E-state index is -0.591. The van der Waals surface area contributed by atoms with Crippen molar-refractivity contribution in [3.63, 3.8) is 0 Å². The molecule has 0 aromatic heterocycles. The fourth-order valence-electron chi connectivity index (χ4n) is 1.93. The van der Waals surface area contributed by atoms with Gasteiger partial charge in [0.15, 0.2) is 0 Å². The molecule has 2 rings (SSSR count). The second-order valence-corrected chi connectivity index (χ2v) is 5.21. The maximum atomic E-state index is 12.9. The standard InChI is InChI=1S/C16H17FN2O/c1-16(2,12-5-7-13(17)8-6-12)19-15(20)11-3-9-14(18)10-4-11/h3-10H,18H2,1-2H3,(H,19,20). The zero-order chi connectivity index (χ0) is 14.8. The summed E-state index contributed by atoms with van der Waals surface area (Å²) in [6.07, 6.45) is 0. The molecule has 0 unspecified atom stereocenters. The van der Waals surface area contributed by atoms with Crippen LogP contribution in [0.3, 0.4) is 0 Å². The first kappa shape index (κ1) is 14.1. The number of amides is 1. The molecule has 0 radical (unpaired) electrons. The van der Waals surface area contributed by atoms with Crippen LogP contribution >= 0.6 is 0 Å². The minimum Gasteiger partial charge on any atom is -0.399 e. The third-order valence-electron chi connectivity index (χ3n) is 3.16. The Kier molecular flexibility index (Phi) is 3.74. The highest BCUT2D eigenvalue weighted by Gasteiger charge is 2.23. The van der Waals surface area contributed by atoms with Gasteiger partial charge in [-0.05, 0) is 55.8 Å². The lowest BCUT2D eigenvalue weighted by Crippen LogP contribution is -2.40. The van der Waals surface area contributed by atoms with E-state index < -0.39 is 5.54 Å². The number of nitrogens with two attached hydrogens (primary N) is 1. The van der Waals surface area contributed by atoms with Crippen molar-refractivity contribution in [2.24, 2.45) is 0 Å². The lowest BCUT2D eigenvalue weighted by Gasteiger charge is -2.27. The van der Waals surface area contributed by atoms with E-state index in [0.717, 1.165) is 5.56 Å². The third-order valence-corrected chi connectivity index (χ3v) is 3.16. The number of carbonyl (C=O) groups is 1. The quantitative estimate of drug-likeness (QED) is 0.844. The molecule has 0 bridgehead atoms. The maximum Gasteiger partial charge on any atom is 0.251 e. The first-order valence-corrected chi connectivity index (χ1v) is 6.32. The highest BCUT2D eigenvalue weighted by molar-refractivity contribution is 5.95. The third kappa shape index (κ3) is 3.15. The van der Waals surface area contributed by atoms with Crippen LogP contribution in [0.25, 0.3) is 0 Å². The molecule has 0 spiro atoms. The first-order valence-electron chi connectivity index (χ1n) is 6.32. The summed E-state index contributed by atoms with van der Waals surface area (Å²) in [5, 5.41) is 2.93. The van der Waals surface area contributed by atoms with Crippen molar-refractivity contribution in [2.45, 2.75) is 19.4 Å². The van der Waals surface area contributed by atoms with Gasteiger partial charge in [0, 0.05) is 11.3 Å². The van der Waals surface area contributed by atoms with E-state index >= 15 is 0 Å². The molecule has 3 N–H and O–H groups in total. The summed E-state index contributed by atoms with van der Waals surface area (Å²) in [5.41, 5.74) is 6.98. The molecule has 0 aliphatic heterocycles. The monoisotopic (exact) mass is 272 g/mol. The lowest BCUT2D eigenvalue weighted by molar-refractivity contribution is 0.0912. The van der Waals surface area contributed by atoms with Gasteiger partial charge in [-0.1, -0.05) is 12.1 Å². The molecule has 104 valence electrons. The van der Waals surface area contributed by atoms with Crippen molar-refractivity contribution >= 4 is 11.6 Å². The van der Waals surface area contributed by atoms with E-state index in [-0.39, 0.29) is 11.7 Å². The van der Waals surface area contributed by atoms with Crippen LogP contribution in [0.2, 0.25) is 0 Å². The average molecular weight is 272 g/mol. The van der Waals surface area contributed by atoms with E-state index in [0.29, 0.717) is 11.3 Å². The SMILES string of the molecule is CC(C)(NC(=O)c1ccc(N)cc1)c1ccc(F)cc1. The normalized spacial score (nSPS) is 11.2. The first-order chi connectivity index (χ1) is 9.38. The summed E-state index contributed by atoms with van der Waals surface area (Å²) in [4.78, 5) is 12.2. The summed E-state index contributed by atoms with van der Waals surface area (Å²) in [6, 6.07) is 12.8. The van der Waals surface area contributed by atoms with Crippen LogP contribution in [0.1, 0.15) is 29.8 Å². The molecule has 1 amide bonds. The van der Waals surface area contributed by atoms with Crippen LogP contribution in [0, 0.1) is 5.82 Å². The Balaban J connectivity index is 2.17.